The molecule has 1 aromatic carbocycles. The van der Waals surface area contributed by atoms with Crippen molar-refractivity contribution in [3.8, 4) is 0 Å². The summed E-state index contributed by atoms with van der Waals surface area (Å²) in [6.07, 6.45) is 6.52. The van der Waals surface area contributed by atoms with E-state index in [0.29, 0.717) is 11.4 Å². The number of benzene rings is 1. The maximum absolute atomic E-state index is 12.7. The Balaban J connectivity index is 1.62. The van der Waals surface area contributed by atoms with Crippen LogP contribution in [0.3, 0.4) is 0 Å². The average Bonchev–Trinajstić information content (AvgIpc) is 3.00. The van der Waals surface area contributed by atoms with E-state index in [-0.39, 0.29) is 40.8 Å². The van der Waals surface area contributed by atoms with Crippen LogP contribution < -0.4 is 10.6 Å². The number of hydrogen-bond donors (Lipinski definition) is 2. The third-order valence-corrected chi connectivity index (χ3v) is 8.37. The molecule has 1 atom stereocenters. The molecule has 1 aliphatic carbocycles. The largest absolute Gasteiger partial charge is 0.353 e. The molecule has 3 rings (SSSR count). The van der Waals surface area contributed by atoms with E-state index in [9.17, 15) is 18.0 Å². The van der Waals surface area contributed by atoms with Gasteiger partial charge in [-0.25, -0.2) is 8.42 Å². The summed E-state index contributed by atoms with van der Waals surface area (Å²) < 4.78 is 25.4. The van der Waals surface area contributed by atoms with E-state index in [0.717, 1.165) is 30.6 Å². The van der Waals surface area contributed by atoms with Crippen molar-refractivity contribution in [1.29, 1.82) is 0 Å². The Labute approximate surface area is 171 Å². The Morgan fingerprint density at radius 2 is 1.93 bits per heavy atom. The van der Waals surface area contributed by atoms with Crippen molar-refractivity contribution < 1.29 is 18.0 Å². The molecule has 0 unspecified atom stereocenters. The second-order valence-corrected chi connectivity index (χ2v) is 10.9. The van der Waals surface area contributed by atoms with Gasteiger partial charge in [0.15, 0.2) is 9.84 Å². The Bertz CT molecular complexity index is 831. The maximum Gasteiger partial charge on any atom is 0.228 e. The lowest BCUT2D eigenvalue weighted by molar-refractivity contribution is -0.121. The normalized spacial score (nSPS) is 21.2. The predicted octanol–water partition coefficient (Wildman–Crippen LogP) is 3.37. The predicted molar refractivity (Wildman–Crippen MR) is 111 cm³/mol. The smallest absolute Gasteiger partial charge is 0.228 e. The highest BCUT2D eigenvalue weighted by Crippen LogP contribution is 2.34. The minimum atomic E-state index is -3.60. The number of carbonyl (C=O) groups is 2. The van der Waals surface area contributed by atoms with Crippen LogP contribution in [0.15, 0.2) is 28.0 Å². The summed E-state index contributed by atoms with van der Waals surface area (Å²) in [6, 6.07) is 4.97. The van der Waals surface area contributed by atoms with E-state index in [1.807, 2.05) is 6.92 Å². The fraction of sp³-hybridized carbons (Fsp3) is 0.600. The number of sulfone groups is 1. The van der Waals surface area contributed by atoms with Gasteiger partial charge in [-0.1, -0.05) is 32.6 Å². The molecule has 1 aromatic rings. The highest BCUT2D eigenvalue weighted by atomic mass is 32.2. The van der Waals surface area contributed by atoms with Crippen molar-refractivity contribution in [2.24, 2.45) is 5.92 Å². The molecule has 6 nitrogen and oxygen atoms in total. The standard InChI is InChI=1S/C20H28N2O4S2/c1-14-13-27-18-9-8-16(12-17(18)22-20(14)24)28(25,26)11-10-19(23)21-15-6-4-2-3-5-7-15/h8-9,12,14-15H,2-7,10-11,13H2,1H3,(H,21,23)(H,22,24)/t14-/m1/s1. The number of carbonyl (C=O) groups excluding carboxylic acids is 2. The first kappa shape index (κ1) is 21.2. The van der Waals surface area contributed by atoms with Crippen LogP contribution in [0.25, 0.3) is 0 Å². The van der Waals surface area contributed by atoms with Crippen molar-refractivity contribution in [3.05, 3.63) is 18.2 Å². The first-order chi connectivity index (χ1) is 13.3. The van der Waals surface area contributed by atoms with Gasteiger partial charge in [0, 0.05) is 29.0 Å². The van der Waals surface area contributed by atoms with Crippen molar-refractivity contribution in [2.45, 2.75) is 67.7 Å². The lowest BCUT2D eigenvalue weighted by atomic mass is 10.1. The minimum Gasteiger partial charge on any atom is -0.353 e. The van der Waals surface area contributed by atoms with Gasteiger partial charge < -0.3 is 10.6 Å². The van der Waals surface area contributed by atoms with Gasteiger partial charge in [0.2, 0.25) is 11.8 Å². The summed E-state index contributed by atoms with van der Waals surface area (Å²) in [5, 5.41) is 5.79. The first-order valence-electron chi connectivity index (χ1n) is 9.95. The van der Waals surface area contributed by atoms with E-state index >= 15 is 0 Å². The van der Waals surface area contributed by atoms with Gasteiger partial charge in [0.25, 0.3) is 0 Å². The van der Waals surface area contributed by atoms with E-state index < -0.39 is 9.84 Å². The topological polar surface area (TPSA) is 92.3 Å². The minimum absolute atomic E-state index is 0.0476. The number of thioether (sulfide) groups is 1. The zero-order chi connectivity index (χ0) is 20.1. The third kappa shape index (κ3) is 5.50. The second-order valence-electron chi connectivity index (χ2n) is 7.68. The highest BCUT2D eigenvalue weighted by Gasteiger charge is 2.24. The Kier molecular flexibility index (Phi) is 7.04. The Morgan fingerprint density at radius 3 is 2.64 bits per heavy atom. The summed E-state index contributed by atoms with van der Waals surface area (Å²) in [7, 11) is -3.60. The third-order valence-electron chi connectivity index (χ3n) is 5.32. The Hall–Kier alpha value is -1.54. The van der Waals surface area contributed by atoms with E-state index in [1.165, 1.54) is 30.7 Å². The highest BCUT2D eigenvalue weighted by molar-refractivity contribution is 7.99. The summed E-state index contributed by atoms with van der Waals surface area (Å²) in [6.45, 7) is 1.85. The molecule has 0 radical (unpaired) electrons. The van der Waals surface area contributed by atoms with Crippen LogP contribution in [0, 0.1) is 5.92 Å². The molecular weight excluding hydrogens is 396 g/mol. The SMILES string of the molecule is C[C@@H]1CSc2ccc(S(=O)(=O)CCC(=O)NC3CCCCCC3)cc2NC1=O. The number of hydrogen-bond acceptors (Lipinski definition) is 5. The van der Waals surface area contributed by atoms with Crippen LogP contribution in [-0.2, 0) is 19.4 Å². The number of rotatable bonds is 5. The molecule has 0 spiro atoms. The molecule has 2 amide bonds. The molecule has 1 saturated carbocycles. The van der Waals surface area contributed by atoms with Crippen LogP contribution in [0.5, 0.6) is 0 Å². The molecular formula is C20H28N2O4S2. The zero-order valence-electron chi connectivity index (χ0n) is 16.2. The van der Waals surface area contributed by atoms with Gasteiger partial charge in [-0.05, 0) is 31.0 Å². The quantitative estimate of drug-likeness (QED) is 0.707. The van der Waals surface area contributed by atoms with Crippen molar-refractivity contribution in [1.82, 2.24) is 5.32 Å². The fourth-order valence-electron chi connectivity index (χ4n) is 3.54. The summed E-state index contributed by atoms with van der Waals surface area (Å²) >= 11 is 1.54. The van der Waals surface area contributed by atoms with Gasteiger partial charge in [-0.15, -0.1) is 11.8 Å². The first-order valence-corrected chi connectivity index (χ1v) is 12.6. The summed E-state index contributed by atoms with van der Waals surface area (Å²) in [4.78, 5) is 25.3. The van der Waals surface area contributed by atoms with Crippen molar-refractivity contribution in [3.63, 3.8) is 0 Å². The zero-order valence-corrected chi connectivity index (χ0v) is 17.8. The number of amides is 2. The molecule has 2 aliphatic rings. The van der Waals surface area contributed by atoms with Crippen LogP contribution in [0.4, 0.5) is 5.69 Å². The molecule has 28 heavy (non-hydrogen) atoms. The van der Waals surface area contributed by atoms with Gasteiger partial charge >= 0.3 is 0 Å². The van der Waals surface area contributed by atoms with Gasteiger partial charge in [-0.2, -0.15) is 0 Å². The summed E-state index contributed by atoms with van der Waals surface area (Å²) in [5.41, 5.74) is 0.531. The monoisotopic (exact) mass is 424 g/mol. The van der Waals surface area contributed by atoms with Crippen LogP contribution >= 0.6 is 11.8 Å². The van der Waals surface area contributed by atoms with Crippen molar-refractivity contribution >= 4 is 39.1 Å². The average molecular weight is 425 g/mol. The van der Waals surface area contributed by atoms with Crippen LogP contribution in [0.1, 0.15) is 51.9 Å². The molecule has 0 saturated heterocycles. The lowest BCUT2D eigenvalue weighted by Crippen LogP contribution is -2.35. The molecule has 0 bridgehead atoms. The number of nitrogens with one attached hydrogen (secondary N) is 2. The van der Waals surface area contributed by atoms with Gasteiger partial charge in [-0.3, -0.25) is 9.59 Å². The molecule has 154 valence electrons. The maximum atomic E-state index is 12.7. The van der Waals surface area contributed by atoms with Crippen molar-refractivity contribution in [2.75, 3.05) is 16.8 Å². The van der Waals surface area contributed by atoms with E-state index in [4.69, 9.17) is 0 Å². The molecule has 1 aliphatic heterocycles. The fourth-order valence-corrected chi connectivity index (χ4v) is 5.81. The number of anilines is 1. The van der Waals surface area contributed by atoms with Gasteiger partial charge in [0.1, 0.15) is 0 Å². The Morgan fingerprint density at radius 1 is 1.21 bits per heavy atom. The molecule has 0 aromatic heterocycles. The van der Waals surface area contributed by atoms with Gasteiger partial charge in [0.05, 0.1) is 16.3 Å². The summed E-state index contributed by atoms with van der Waals surface area (Å²) in [5.74, 6) is -0.0229. The van der Waals surface area contributed by atoms with E-state index in [2.05, 4.69) is 10.6 Å². The molecule has 8 heteroatoms. The van der Waals surface area contributed by atoms with E-state index in [1.54, 1.807) is 12.1 Å². The van der Waals surface area contributed by atoms with Crippen LogP contribution in [0.2, 0.25) is 0 Å². The lowest BCUT2D eigenvalue weighted by Gasteiger charge is -2.16. The molecule has 2 N–H and O–H groups in total. The molecule has 1 heterocycles. The van der Waals surface area contributed by atoms with Crippen LogP contribution in [-0.4, -0.2) is 37.8 Å². The second kappa shape index (κ2) is 9.31. The molecule has 1 fully saturated rings. The number of fused-ring (bicyclic) bond motifs is 1.